The first-order chi connectivity index (χ1) is 54.6. The number of anilines is 1. The standard InChI is InChI=1S/C62H86N12O16.C20H16N2O4/c1-27(2)42-59(84)73-23-17-19-36(73)57(82)69(13)25-38(75)71(15)48(29(5)6)61(86)88-33(11)44(55(80)65-42)67-53(78)35-22-21-31(9)51-46(35)64-47-40(41(63)50(77)32(10)52(47)90-51)54(79)68-45-34(12)89-62(87)49(30(7)8)72(16)39(76)26-70(14)58(83)37-20-18-24-74(37)60(85)43(28(3)4)66-56(45)81;1-2-20(25)14-8-16-17-12(7-11-5-3-4-6-15(11)21-17)9-22(16)18(23)13(14)10-26-19(20)24/h21-22,27-30,33-34,36-37,42-45,48-49H,17-20,23-26,63H2,1-16H3,(H,65,80)(H,66,81)(H,67,78)(H,68,79);3-8,25H,2,9-10H2,1H3/t33-,34-,36+,37+,42-,43-,44+,45+,48+,49+;20-/m10/s1. The minimum absolute atomic E-state index is 0.0763. The predicted molar refractivity (Wildman–Crippen MR) is 420 cm³/mol. The van der Waals surface area contributed by atoms with Crippen LogP contribution in [0.3, 0.4) is 0 Å². The number of hydrogen-bond donors (Lipinski definition) is 6. The van der Waals surface area contributed by atoms with Crippen molar-refractivity contribution in [3.63, 3.8) is 0 Å². The number of nitrogen functional groups attached to an aromatic ring is 1. The smallest absolute Gasteiger partial charge is 0.343 e. The number of nitrogens with zero attached hydrogens (tertiary/aromatic N) is 9. The first-order valence-electron chi connectivity index (χ1n) is 39.1. The van der Waals surface area contributed by atoms with Crippen molar-refractivity contribution in [2.75, 3.05) is 60.1 Å². The van der Waals surface area contributed by atoms with Crippen molar-refractivity contribution >= 4 is 105 Å². The monoisotopic (exact) mass is 1600 g/mol. The number of nitrogens with two attached hydrogens (primary N) is 1. The maximum atomic E-state index is 15.2. The summed E-state index contributed by atoms with van der Waals surface area (Å²) < 4.78 is 25.0. The topological polar surface area (TPSA) is 441 Å². The van der Waals surface area contributed by atoms with Crippen molar-refractivity contribution in [3.05, 3.63) is 108 Å². The summed E-state index contributed by atoms with van der Waals surface area (Å²) in [7, 11) is 5.59. The van der Waals surface area contributed by atoms with Crippen molar-refractivity contribution in [1.82, 2.24) is 65.2 Å². The van der Waals surface area contributed by atoms with Gasteiger partial charge in [-0.15, -0.1) is 0 Å². The zero-order valence-electron chi connectivity index (χ0n) is 68.3. The van der Waals surface area contributed by atoms with Gasteiger partial charge in [-0.05, 0) is 113 Å². The lowest BCUT2D eigenvalue weighted by atomic mass is 9.86. The Morgan fingerprint density at radius 2 is 1.16 bits per heavy atom. The molecule has 2 aromatic heterocycles. The summed E-state index contributed by atoms with van der Waals surface area (Å²) in [6.07, 6.45) is -1.51. The molecule has 1 aliphatic carbocycles. The van der Waals surface area contributed by atoms with Crippen LogP contribution in [-0.4, -0.2) is 241 Å². The number of hydrogen-bond acceptors (Lipinski definition) is 23. The fraction of sp³-hybridized carbons (Fsp3) is 0.524. The molecule has 8 aliphatic rings. The van der Waals surface area contributed by atoms with E-state index in [2.05, 4.69) is 21.3 Å². The highest BCUT2D eigenvalue weighted by molar-refractivity contribution is 6.11. The number of amides is 10. The van der Waals surface area contributed by atoms with Gasteiger partial charge in [-0.2, -0.15) is 0 Å². The molecule has 2 aromatic carbocycles. The highest BCUT2D eigenvalue weighted by Crippen LogP contribution is 2.40. The molecule has 0 unspecified atom stereocenters. The number of aryl methyl sites for hydroxylation is 1. The van der Waals surface area contributed by atoms with Gasteiger partial charge in [-0.1, -0.05) is 86.6 Å². The Morgan fingerprint density at radius 1 is 0.647 bits per heavy atom. The first-order valence-corrected chi connectivity index (χ1v) is 39.1. The molecule has 10 amide bonds. The predicted octanol–water partition coefficient (Wildman–Crippen LogP) is 2.81. The molecule has 620 valence electrons. The molecule has 4 fully saturated rings. The molecule has 0 saturated carbocycles. The number of aromatic nitrogens is 3. The van der Waals surface area contributed by atoms with Crippen molar-refractivity contribution in [2.45, 2.75) is 201 Å². The molecule has 9 heterocycles. The zero-order valence-corrected chi connectivity index (χ0v) is 68.3. The van der Waals surface area contributed by atoms with Gasteiger partial charge >= 0.3 is 17.9 Å². The van der Waals surface area contributed by atoms with Crippen LogP contribution in [0.15, 0.2) is 62.5 Å². The maximum absolute atomic E-state index is 15.2. The van der Waals surface area contributed by atoms with E-state index in [1.54, 1.807) is 79.9 Å². The van der Waals surface area contributed by atoms with Crippen LogP contribution in [0.1, 0.15) is 157 Å². The third-order valence-corrected chi connectivity index (χ3v) is 22.9. The Kier molecular flexibility index (Phi) is 24.7. The van der Waals surface area contributed by atoms with Crippen molar-refractivity contribution in [2.24, 2.45) is 23.7 Å². The first kappa shape index (κ1) is 85.2. The molecular formula is C82H102N14O20. The van der Waals surface area contributed by atoms with Crippen LogP contribution >= 0.6 is 0 Å². The van der Waals surface area contributed by atoms with Gasteiger partial charge in [0.1, 0.15) is 78.4 Å². The Balaban J connectivity index is 0.000000423. The molecule has 0 spiro atoms. The summed E-state index contributed by atoms with van der Waals surface area (Å²) in [5.74, 6) is -13.1. The molecule has 7 aliphatic heterocycles. The quantitative estimate of drug-likeness (QED) is 0.0523. The molecular weight excluding hydrogens is 1500 g/mol. The van der Waals surface area contributed by atoms with Crippen LogP contribution in [0.4, 0.5) is 5.69 Å². The minimum Gasteiger partial charge on any atom is -0.458 e. The van der Waals surface area contributed by atoms with Gasteiger partial charge in [-0.25, -0.2) is 24.4 Å². The second-order valence-corrected chi connectivity index (χ2v) is 32.3. The number of ether oxygens (including phenoxy) is 3. The third kappa shape index (κ3) is 16.0. The Hall–Kier alpha value is -11.7. The van der Waals surface area contributed by atoms with Crippen LogP contribution in [-0.2, 0) is 85.7 Å². The molecule has 11 atom stereocenters. The van der Waals surface area contributed by atoms with Gasteiger partial charge in [0.05, 0.1) is 58.9 Å². The Morgan fingerprint density at radius 3 is 1.66 bits per heavy atom. The number of esters is 3. The number of likely N-dealkylation sites (N-methyl/N-ethyl adjacent to an activating group) is 4. The second kappa shape index (κ2) is 33.6. The molecule has 34 nitrogen and oxygen atoms in total. The molecule has 34 heteroatoms. The van der Waals surface area contributed by atoms with Gasteiger partial charge in [-0.3, -0.25) is 57.5 Å². The van der Waals surface area contributed by atoms with Crippen LogP contribution in [0.2, 0.25) is 0 Å². The number of fused-ring (bicyclic) bond motifs is 9. The summed E-state index contributed by atoms with van der Waals surface area (Å²) in [4.78, 5) is 229. The molecule has 4 saturated heterocycles. The number of para-hydroxylation sites is 1. The summed E-state index contributed by atoms with van der Waals surface area (Å²) in [5.41, 5.74) is 5.38. The summed E-state index contributed by atoms with van der Waals surface area (Å²) in [6, 6.07) is 3.65. The number of nitrogens with one attached hydrogen (secondary N) is 4. The maximum Gasteiger partial charge on any atom is 0.343 e. The lowest BCUT2D eigenvalue weighted by molar-refractivity contribution is -0.172. The number of pyridine rings is 2. The van der Waals surface area contributed by atoms with Gasteiger partial charge in [0.15, 0.2) is 16.9 Å². The number of cyclic esters (lactones) is 3. The average Bonchev–Trinajstić information content (AvgIpc) is 1.42. The number of aliphatic hydroxyl groups is 1. The highest BCUT2D eigenvalue weighted by atomic mass is 16.6. The van der Waals surface area contributed by atoms with E-state index in [1.807, 2.05) is 30.3 Å². The van der Waals surface area contributed by atoms with E-state index in [9.17, 15) is 67.4 Å². The van der Waals surface area contributed by atoms with Crippen LogP contribution in [0, 0.1) is 37.5 Å². The highest BCUT2D eigenvalue weighted by Gasteiger charge is 2.49. The van der Waals surface area contributed by atoms with E-state index in [1.165, 1.54) is 80.7 Å². The lowest BCUT2D eigenvalue weighted by Crippen LogP contribution is -2.61. The second-order valence-electron chi connectivity index (χ2n) is 32.3. The molecule has 0 bridgehead atoms. The van der Waals surface area contributed by atoms with E-state index < -0.39 is 202 Å². The normalized spacial score (nSPS) is 24.9. The van der Waals surface area contributed by atoms with E-state index in [4.69, 9.17) is 34.3 Å². The van der Waals surface area contributed by atoms with Gasteiger partial charge in [0.25, 0.3) is 17.4 Å². The number of rotatable bonds is 9. The summed E-state index contributed by atoms with van der Waals surface area (Å²) in [5, 5.41) is 22.5. The van der Waals surface area contributed by atoms with Gasteiger partial charge in [0, 0.05) is 63.4 Å². The molecule has 4 aromatic rings. The van der Waals surface area contributed by atoms with E-state index in [0.29, 0.717) is 41.8 Å². The minimum atomic E-state index is -1.88. The molecule has 116 heavy (non-hydrogen) atoms. The molecule has 12 rings (SSSR count). The summed E-state index contributed by atoms with van der Waals surface area (Å²) in [6.45, 7) is 20.4. The number of carbonyl (C=O) groups is 13. The fourth-order valence-corrected chi connectivity index (χ4v) is 16.2. The van der Waals surface area contributed by atoms with Crippen LogP contribution < -0.4 is 38.0 Å². The molecule has 0 radical (unpaired) electrons. The molecule has 7 N–H and O–H groups in total. The largest absolute Gasteiger partial charge is 0.458 e. The Bertz CT molecular complexity index is 5130. The van der Waals surface area contributed by atoms with Crippen molar-refractivity contribution in [1.29, 1.82) is 0 Å². The van der Waals surface area contributed by atoms with Gasteiger partial charge in [0.2, 0.25) is 52.7 Å². The number of carbonyl (C=O) groups excluding carboxylic acids is 13. The van der Waals surface area contributed by atoms with E-state index in [-0.39, 0.29) is 72.5 Å². The van der Waals surface area contributed by atoms with Crippen LogP contribution in [0.25, 0.3) is 44.8 Å². The summed E-state index contributed by atoms with van der Waals surface area (Å²) >= 11 is 0. The van der Waals surface area contributed by atoms with Crippen molar-refractivity contribution in [3.8, 4) is 22.8 Å². The SMILES string of the molecule is CC[C@@]1(O)C(=O)OCc2c1cc1n(c2=O)Cc2cc3ccccc3nc2-1.Cc1c2oc3c(C)ccc(C(=O)N[C@@H]4C(=O)N[C@H](C(C)C)C(=O)N5CCC[C@H]5C(=O)N(C)CC(=O)N(C)[C@@H](C(C)C)C(=O)O[C@@H]4C)c3nc-2c(C(=O)N[C@@H]2C(=O)N[C@H](C(C)C)C(=O)N3CCC[C@H]3C(=O)N(C)CC(=O)N(C)[C@@H](C(C)C)C(=O)O[C@@H]2C)c(N)c1=O. The zero-order chi connectivity index (χ0) is 85.0. The Labute approximate surface area is 669 Å². The van der Waals surface area contributed by atoms with Gasteiger partial charge < -0.3 is 84.7 Å². The average molecular weight is 1600 g/mol. The number of benzene rings is 3. The van der Waals surface area contributed by atoms with Crippen molar-refractivity contribution < 1.29 is 86.1 Å². The third-order valence-electron chi connectivity index (χ3n) is 22.9. The fourth-order valence-electron chi connectivity index (χ4n) is 16.2. The van der Waals surface area contributed by atoms with Crippen LogP contribution in [0.5, 0.6) is 0 Å². The lowest BCUT2D eigenvalue weighted by Gasteiger charge is -2.36. The van der Waals surface area contributed by atoms with E-state index in [0.717, 1.165) is 32.0 Å². The van der Waals surface area contributed by atoms with E-state index >= 15 is 9.59 Å².